The predicted molar refractivity (Wildman–Crippen MR) is 222 cm³/mol. The van der Waals surface area contributed by atoms with Crippen molar-refractivity contribution in [1.29, 1.82) is 0 Å². The van der Waals surface area contributed by atoms with Gasteiger partial charge in [0.15, 0.2) is 17.5 Å². The minimum absolute atomic E-state index is 0.000936. The minimum Gasteiger partial charge on any atom is -0.309 e. The van der Waals surface area contributed by atoms with Crippen LogP contribution in [0.3, 0.4) is 0 Å². The van der Waals surface area contributed by atoms with E-state index in [2.05, 4.69) is 180 Å². The van der Waals surface area contributed by atoms with Crippen LogP contribution in [0, 0.1) is 0 Å². The summed E-state index contributed by atoms with van der Waals surface area (Å²) in [7, 11) is 0. The molecule has 0 spiro atoms. The Balaban J connectivity index is 1.20. The van der Waals surface area contributed by atoms with Crippen LogP contribution >= 0.6 is 0 Å². The van der Waals surface area contributed by atoms with E-state index in [9.17, 15) is 0 Å². The first-order valence-electron chi connectivity index (χ1n) is 18.9. The summed E-state index contributed by atoms with van der Waals surface area (Å²) in [6.07, 6.45) is 2.38. The van der Waals surface area contributed by atoms with Crippen LogP contribution in [0.4, 0.5) is 0 Å². The van der Waals surface area contributed by atoms with Crippen LogP contribution in [0.15, 0.2) is 127 Å². The number of aromatic nitrogens is 4. The molecule has 8 aromatic rings. The molecule has 262 valence electrons. The second-order valence-electron chi connectivity index (χ2n) is 17.3. The number of nitrogens with zero attached hydrogens (tertiary/aromatic N) is 4. The van der Waals surface area contributed by atoms with E-state index in [0.29, 0.717) is 17.5 Å². The van der Waals surface area contributed by atoms with Crippen molar-refractivity contribution in [3.8, 4) is 39.9 Å². The highest BCUT2D eigenvalue weighted by molar-refractivity contribution is 6.10. The van der Waals surface area contributed by atoms with Crippen molar-refractivity contribution in [1.82, 2.24) is 19.5 Å². The van der Waals surface area contributed by atoms with Gasteiger partial charge in [-0.15, -0.1) is 0 Å². The van der Waals surface area contributed by atoms with Gasteiger partial charge in [-0.1, -0.05) is 121 Å². The Kier molecular flexibility index (Phi) is 7.50. The Labute approximate surface area is 312 Å². The van der Waals surface area contributed by atoms with E-state index in [1.807, 2.05) is 0 Å². The van der Waals surface area contributed by atoms with Crippen molar-refractivity contribution in [2.24, 2.45) is 0 Å². The Morgan fingerprint density at radius 3 is 1.77 bits per heavy atom. The van der Waals surface area contributed by atoms with Gasteiger partial charge in [0.25, 0.3) is 0 Å². The minimum atomic E-state index is 0.000936. The Morgan fingerprint density at radius 2 is 1.08 bits per heavy atom. The van der Waals surface area contributed by atoms with E-state index in [-0.39, 0.29) is 16.2 Å². The third-order valence-electron chi connectivity index (χ3n) is 11.7. The standard InChI is InChI=1S/C49H46N4/c1-47(2,3)36-16-12-15-34(28-36)45-50-44(51-46(52-45)35-20-19-31-13-8-9-14-33(31)27-35)32-21-23-37(24-22-32)53-42-18-11-10-17-38(42)39-29-40-41(30-43(39)53)49(6,7)26-25-48(40,4)5/h8-24,27-30H,25-26H2,1-7H3. The molecule has 4 nitrogen and oxygen atoms in total. The summed E-state index contributed by atoms with van der Waals surface area (Å²) in [4.78, 5) is 15.3. The van der Waals surface area contributed by atoms with Crippen molar-refractivity contribution in [2.45, 2.75) is 77.6 Å². The molecular formula is C49H46N4. The van der Waals surface area contributed by atoms with Crippen LogP contribution in [-0.2, 0) is 16.2 Å². The van der Waals surface area contributed by atoms with Gasteiger partial charge in [0, 0.05) is 33.2 Å². The molecule has 0 aliphatic heterocycles. The molecular weight excluding hydrogens is 645 g/mol. The quantitative estimate of drug-likeness (QED) is 0.185. The molecule has 0 saturated heterocycles. The second kappa shape index (κ2) is 12.0. The highest BCUT2D eigenvalue weighted by Gasteiger charge is 2.38. The second-order valence-corrected chi connectivity index (χ2v) is 17.3. The van der Waals surface area contributed by atoms with E-state index in [0.717, 1.165) is 27.8 Å². The molecule has 1 aliphatic rings. The Hall–Kier alpha value is -5.61. The number of para-hydroxylation sites is 1. The summed E-state index contributed by atoms with van der Waals surface area (Å²) in [5.74, 6) is 2.00. The SMILES string of the molecule is CC(C)(C)c1cccc(-c2nc(-c3ccc(-n4c5ccccc5c5cc6c(cc54)C(C)(C)CCC6(C)C)cc3)nc(-c3ccc4ccccc4c3)n2)c1. The maximum Gasteiger partial charge on any atom is 0.164 e. The van der Waals surface area contributed by atoms with Gasteiger partial charge in [-0.05, 0) is 111 Å². The van der Waals surface area contributed by atoms with Gasteiger partial charge in [-0.3, -0.25) is 0 Å². The maximum absolute atomic E-state index is 5.13. The number of hydrogen-bond acceptors (Lipinski definition) is 3. The van der Waals surface area contributed by atoms with Crippen molar-refractivity contribution in [3.63, 3.8) is 0 Å². The van der Waals surface area contributed by atoms with Gasteiger partial charge in [0.05, 0.1) is 11.0 Å². The van der Waals surface area contributed by atoms with Crippen LogP contribution < -0.4 is 0 Å². The predicted octanol–water partition coefficient (Wildman–Crippen LogP) is 12.8. The van der Waals surface area contributed by atoms with Gasteiger partial charge in [0.1, 0.15) is 0 Å². The van der Waals surface area contributed by atoms with Crippen molar-refractivity contribution < 1.29 is 0 Å². The maximum atomic E-state index is 5.13. The van der Waals surface area contributed by atoms with Crippen LogP contribution in [0.2, 0.25) is 0 Å². The van der Waals surface area contributed by atoms with Crippen molar-refractivity contribution in [2.75, 3.05) is 0 Å². The van der Waals surface area contributed by atoms with Crippen LogP contribution in [-0.4, -0.2) is 19.5 Å². The van der Waals surface area contributed by atoms with E-state index >= 15 is 0 Å². The highest BCUT2D eigenvalue weighted by Crippen LogP contribution is 2.48. The highest BCUT2D eigenvalue weighted by atomic mass is 15.0. The zero-order valence-corrected chi connectivity index (χ0v) is 31.8. The molecule has 0 N–H and O–H groups in total. The number of rotatable bonds is 4. The Bertz CT molecular complexity index is 2700. The topological polar surface area (TPSA) is 43.6 Å². The van der Waals surface area contributed by atoms with Crippen LogP contribution in [0.1, 0.15) is 78.0 Å². The number of fused-ring (bicyclic) bond motifs is 5. The smallest absolute Gasteiger partial charge is 0.164 e. The average Bonchev–Trinajstić information content (AvgIpc) is 3.49. The summed E-state index contributed by atoms with van der Waals surface area (Å²) in [6, 6.07) is 46.0. The first-order valence-corrected chi connectivity index (χ1v) is 18.9. The molecule has 0 atom stereocenters. The monoisotopic (exact) mass is 690 g/mol. The molecule has 53 heavy (non-hydrogen) atoms. The fraction of sp³-hybridized carbons (Fsp3) is 0.245. The lowest BCUT2D eigenvalue weighted by atomic mass is 9.63. The van der Waals surface area contributed by atoms with Gasteiger partial charge in [0.2, 0.25) is 0 Å². The molecule has 0 fully saturated rings. The van der Waals surface area contributed by atoms with E-state index in [4.69, 9.17) is 15.0 Å². The van der Waals surface area contributed by atoms with Gasteiger partial charge in [-0.25, -0.2) is 15.0 Å². The van der Waals surface area contributed by atoms with E-state index in [1.54, 1.807) is 0 Å². The summed E-state index contributed by atoms with van der Waals surface area (Å²) in [5.41, 5.74) is 11.0. The normalized spacial score (nSPS) is 15.2. The molecule has 0 radical (unpaired) electrons. The van der Waals surface area contributed by atoms with Gasteiger partial charge >= 0.3 is 0 Å². The summed E-state index contributed by atoms with van der Waals surface area (Å²) < 4.78 is 2.43. The molecule has 1 aliphatic carbocycles. The molecule has 0 unspecified atom stereocenters. The molecule has 2 heterocycles. The number of hydrogen-bond donors (Lipinski definition) is 0. The zero-order valence-electron chi connectivity index (χ0n) is 31.8. The molecule has 0 amide bonds. The first kappa shape index (κ1) is 33.2. The zero-order chi connectivity index (χ0) is 36.7. The summed E-state index contributed by atoms with van der Waals surface area (Å²) >= 11 is 0. The molecule has 4 heteroatoms. The molecule has 0 bridgehead atoms. The average molecular weight is 691 g/mol. The fourth-order valence-electron chi connectivity index (χ4n) is 8.28. The van der Waals surface area contributed by atoms with Crippen LogP contribution in [0.5, 0.6) is 0 Å². The molecule has 2 aromatic heterocycles. The third-order valence-corrected chi connectivity index (χ3v) is 11.7. The summed E-state index contributed by atoms with van der Waals surface area (Å²) in [5, 5.41) is 4.95. The van der Waals surface area contributed by atoms with E-state index in [1.165, 1.54) is 56.7 Å². The molecule has 9 rings (SSSR count). The van der Waals surface area contributed by atoms with Crippen molar-refractivity contribution in [3.05, 3.63) is 144 Å². The summed E-state index contributed by atoms with van der Waals surface area (Å²) in [6.45, 7) is 16.3. The van der Waals surface area contributed by atoms with Crippen molar-refractivity contribution >= 4 is 32.6 Å². The lowest BCUT2D eigenvalue weighted by molar-refractivity contribution is 0.332. The van der Waals surface area contributed by atoms with E-state index < -0.39 is 0 Å². The lowest BCUT2D eigenvalue weighted by Gasteiger charge is -2.42. The molecule has 0 saturated carbocycles. The Morgan fingerprint density at radius 1 is 0.491 bits per heavy atom. The lowest BCUT2D eigenvalue weighted by Crippen LogP contribution is -2.33. The fourth-order valence-corrected chi connectivity index (χ4v) is 8.28. The first-order chi connectivity index (χ1) is 25.4. The third kappa shape index (κ3) is 5.72. The van der Waals surface area contributed by atoms with Gasteiger partial charge in [-0.2, -0.15) is 0 Å². The molecule has 6 aromatic carbocycles. The number of benzene rings is 6. The van der Waals surface area contributed by atoms with Gasteiger partial charge < -0.3 is 4.57 Å². The largest absolute Gasteiger partial charge is 0.309 e. The van der Waals surface area contributed by atoms with Crippen LogP contribution in [0.25, 0.3) is 72.4 Å².